The number of nitrogens with zero attached hydrogens (tertiary/aromatic N) is 2. The lowest BCUT2D eigenvalue weighted by atomic mass is 10.2. The Hall–Kier alpha value is -1.82. The zero-order valence-electron chi connectivity index (χ0n) is 12.5. The fourth-order valence-electron chi connectivity index (χ4n) is 1.92. The number of para-hydroxylation sites is 1. The molecule has 6 heteroatoms. The topological polar surface area (TPSA) is 66.9 Å². The van der Waals surface area contributed by atoms with E-state index >= 15 is 0 Å². The quantitative estimate of drug-likeness (QED) is 0.634. The van der Waals surface area contributed by atoms with Crippen LogP contribution in [0.25, 0.3) is 10.9 Å². The van der Waals surface area contributed by atoms with Crippen LogP contribution in [0.1, 0.15) is 20.8 Å². The summed E-state index contributed by atoms with van der Waals surface area (Å²) in [6.07, 6.45) is 0. The van der Waals surface area contributed by atoms with E-state index in [1.54, 1.807) is 0 Å². The standard InChI is InChI=1S/C15H20N4OS/c1-4-16-14-11-7-5-6-8-12(11)18-15(19-14)21-9-13(20)17-10(2)3/h5-8,10H,4,9H2,1-3H3,(H,17,20)(H,16,18,19). The molecule has 0 bridgehead atoms. The van der Waals surface area contributed by atoms with Crippen molar-refractivity contribution in [2.75, 3.05) is 17.6 Å². The van der Waals surface area contributed by atoms with Crippen LogP contribution in [0.2, 0.25) is 0 Å². The maximum Gasteiger partial charge on any atom is 0.230 e. The van der Waals surface area contributed by atoms with Crippen LogP contribution in [0, 0.1) is 0 Å². The van der Waals surface area contributed by atoms with Crippen LogP contribution >= 0.6 is 11.8 Å². The van der Waals surface area contributed by atoms with E-state index in [-0.39, 0.29) is 11.9 Å². The summed E-state index contributed by atoms with van der Waals surface area (Å²) in [7, 11) is 0. The molecule has 0 saturated heterocycles. The Morgan fingerprint density at radius 3 is 2.76 bits per heavy atom. The Labute approximate surface area is 128 Å². The van der Waals surface area contributed by atoms with Crippen LogP contribution in [0.3, 0.4) is 0 Å². The maximum absolute atomic E-state index is 11.7. The lowest BCUT2D eigenvalue weighted by molar-refractivity contribution is -0.119. The van der Waals surface area contributed by atoms with Crippen LogP contribution in [0.15, 0.2) is 29.4 Å². The molecule has 0 aliphatic carbocycles. The highest BCUT2D eigenvalue weighted by molar-refractivity contribution is 7.99. The van der Waals surface area contributed by atoms with Crippen molar-refractivity contribution in [1.82, 2.24) is 15.3 Å². The molecule has 1 aromatic carbocycles. The van der Waals surface area contributed by atoms with E-state index < -0.39 is 0 Å². The van der Waals surface area contributed by atoms with E-state index in [4.69, 9.17) is 0 Å². The first-order valence-corrected chi connectivity index (χ1v) is 8.01. The minimum Gasteiger partial charge on any atom is -0.370 e. The fourth-order valence-corrected chi connectivity index (χ4v) is 2.58. The van der Waals surface area contributed by atoms with Gasteiger partial charge in [-0.2, -0.15) is 0 Å². The predicted octanol–water partition coefficient (Wildman–Crippen LogP) is 2.68. The summed E-state index contributed by atoms with van der Waals surface area (Å²) in [5.41, 5.74) is 0.884. The first kappa shape index (κ1) is 15.6. The van der Waals surface area contributed by atoms with Gasteiger partial charge in [0.25, 0.3) is 0 Å². The highest BCUT2D eigenvalue weighted by Gasteiger charge is 2.10. The Bertz CT molecular complexity index is 630. The van der Waals surface area contributed by atoms with E-state index in [0.29, 0.717) is 10.9 Å². The van der Waals surface area contributed by atoms with Gasteiger partial charge in [-0.05, 0) is 32.9 Å². The van der Waals surface area contributed by atoms with Crippen LogP contribution in [0.5, 0.6) is 0 Å². The molecule has 21 heavy (non-hydrogen) atoms. The van der Waals surface area contributed by atoms with Gasteiger partial charge in [0, 0.05) is 18.0 Å². The summed E-state index contributed by atoms with van der Waals surface area (Å²) in [6, 6.07) is 8.01. The number of aromatic nitrogens is 2. The Morgan fingerprint density at radius 2 is 2.05 bits per heavy atom. The summed E-state index contributed by atoms with van der Waals surface area (Å²) in [5.74, 6) is 1.13. The summed E-state index contributed by atoms with van der Waals surface area (Å²) < 4.78 is 0. The van der Waals surface area contributed by atoms with Crippen molar-refractivity contribution in [3.63, 3.8) is 0 Å². The van der Waals surface area contributed by atoms with Crippen LogP contribution in [-0.4, -0.2) is 34.2 Å². The van der Waals surface area contributed by atoms with Gasteiger partial charge in [0.1, 0.15) is 5.82 Å². The number of benzene rings is 1. The van der Waals surface area contributed by atoms with Crippen molar-refractivity contribution >= 4 is 34.4 Å². The number of nitrogens with one attached hydrogen (secondary N) is 2. The van der Waals surface area contributed by atoms with E-state index in [9.17, 15) is 4.79 Å². The molecule has 0 aliphatic rings. The van der Waals surface area contributed by atoms with Gasteiger partial charge in [0.2, 0.25) is 5.91 Å². The fraction of sp³-hybridized carbons (Fsp3) is 0.400. The maximum atomic E-state index is 11.7. The summed E-state index contributed by atoms with van der Waals surface area (Å²) in [5, 5.41) is 7.71. The average Bonchev–Trinajstić information content (AvgIpc) is 2.45. The predicted molar refractivity (Wildman–Crippen MR) is 87.7 cm³/mol. The third kappa shape index (κ3) is 4.32. The van der Waals surface area contributed by atoms with Gasteiger partial charge in [-0.3, -0.25) is 4.79 Å². The number of rotatable bonds is 6. The van der Waals surface area contributed by atoms with Crippen LogP contribution in [-0.2, 0) is 4.79 Å². The largest absolute Gasteiger partial charge is 0.370 e. The molecule has 0 radical (unpaired) electrons. The molecule has 2 N–H and O–H groups in total. The highest BCUT2D eigenvalue weighted by atomic mass is 32.2. The number of fused-ring (bicyclic) bond motifs is 1. The molecule has 0 atom stereocenters. The number of hydrogen-bond acceptors (Lipinski definition) is 5. The third-order valence-corrected chi connectivity index (χ3v) is 3.56. The number of hydrogen-bond donors (Lipinski definition) is 2. The first-order chi connectivity index (χ1) is 10.1. The number of anilines is 1. The Balaban J connectivity index is 2.18. The Kier molecular flexibility index (Phi) is 5.38. The number of amides is 1. The zero-order chi connectivity index (χ0) is 15.2. The molecular formula is C15H20N4OS. The smallest absolute Gasteiger partial charge is 0.230 e. The van der Waals surface area contributed by atoms with Crippen LogP contribution < -0.4 is 10.6 Å². The van der Waals surface area contributed by atoms with Crippen molar-refractivity contribution in [1.29, 1.82) is 0 Å². The molecular weight excluding hydrogens is 284 g/mol. The molecule has 2 rings (SSSR count). The lowest BCUT2D eigenvalue weighted by Crippen LogP contribution is -2.31. The van der Waals surface area contributed by atoms with Crippen molar-refractivity contribution in [3.8, 4) is 0 Å². The molecule has 5 nitrogen and oxygen atoms in total. The molecule has 0 unspecified atom stereocenters. The second-order valence-electron chi connectivity index (χ2n) is 4.91. The minimum atomic E-state index is -0.00300. The second kappa shape index (κ2) is 7.26. The monoisotopic (exact) mass is 304 g/mol. The number of thioether (sulfide) groups is 1. The molecule has 2 aromatic rings. The normalized spacial score (nSPS) is 10.9. The van der Waals surface area contributed by atoms with Crippen molar-refractivity contribution < 1.29 is 4.79 Å². The van der Waals surface area contributed by atoms with Crippen molar-refractivity contribution in [2.24, 2.45) is 0 Å². The molecule has 112 valence electrons. The summed E-state index contributed by atoms with van der Waals surface area (Å²) >= 11 is 1.35. The van der Waals surface area contributed by atoms with E-state index in [2.05, 4.69) is 20.6 Å². The molecule has 1 aromatic heterocycles. The molecule has 0 saturated carbocycles. The molecule has 1 heterocycles. The van der Waals surface area contributed by atoms with Crippen molar-refractivity contribution in [2.45, 2.75) is 32.0 Å². The zero-order valence-corrected chi connectivity index (χ0v) is 13.3. The average molecular weight is 304 g/mol. The van der Waals surface area contributed by atoms with Gasteiger partial charge < -0.3 is 10.6 Å². The van der Waals surface area contributed by atoms with Gasteiger partial charge in [0.15, 0.2) is 5.16 Å². The third-order valence-electron chi connectivity index (χ3n) is 2.71. The molecule has 1 amide bonds. The second-order valence-corrected chi connectivity index (χ2v) is 5.86. The van der Waals surface area contributed by atoms with Gasteiger partial charge in [-0.15, -0.1) is 0 Å². The number of carbonyl (C=O) groups excluding carboxylic acids is 1. The summed E-state index contributed by atoms with van der Waals surface area (Å²) in [6.45, 7) is 6.70. The SMILES string of the molecule is CCNc1nc(SCC(=O)NC(C)C)nc2ccccc12. The van der Waals surface area contributed by atoms with Crippen LogP contribution in [0.4, 0.5) is 5.82 Å². The highest BCUT2D eigenvalue weighted by Crippen LogP contribution is 2.24. The van der Waals surface area contributed by atoms with E-state index in [1.807, 2.05) is 45.0 Å². The van der Waals surface area contributed by atoms with Gasteiger partial charge >= 0.3 is 0 Å². The minimum absolute atomic E-state index is 0.00300. The van der Waals surface area contributed by atoms with E-state index in [0.717, 1.165) is 23.3 Å². The number of carbonyl (C=O) groups is 1. The van der Waals surface area contributed by atoms with Crippen molar-refractivity contribution in [3.05, 3.63) is 24.3 Å². The van der Waals surface area contributed by atoms with Gasteiger partial charge in [0.05, 0.1) is 11.3 Å². The molecule has 0 fully saturated rings. The lowest BCUT2D eigenvalue weighted by Gasteiger charge is -2.10. The van der Waals surface area contributed by atoms with Gasteiger partial charge in [-0.25, -0.2) is 9.97 Å². The van der Waals surface area contributed by atoms with Gasteiger partial charge in [-0.1, -0.05) is 23.9 Å². The Morgan fingerprint density at radius 1 is 1.29 bits per heavy atom. The first-order valence-electron chi connectivity index (χ1n) is 7.03. The van der Waals surface area contributed by atoms with E-state index in [1.165, 1.54) is 11.8 Å². The summed E-state index contributed by atoms with van der Waals surface area (Å²) in [4.78, 5) is 20.7. The molecule has 0 spiro atoms. The molecule has 0 aliphatic heterocycles.